The molecule has 90 valence electrons. The maximum Gasteiger partial charge on any atom is 0.106 e. The Hall–Kier alpha value is -0.900. The number of aliphatic hydroxyl groups excluding tert-OH is 2. The zero-order chi connectivity index (χ0) is 12.3. The minimum atomic E-state index is -0.827. The molecule has 3 N–H and O–H groups in total. The van der Waals surface area contributed by atoms with Crippen LogP contribution in [0.2, 0.25) is 0 Å². The van der Waals surface area contributed by atoms with Crippen molar-refractivity contribution in [1.82, 2.24) is 5.32 Å². The number of benzene rings is 1. The second-order valence-electron chi connectivity index (χ2n) is 4.29. The number of nitrogens with one attached hydrogen (secondary N) is 1. The molecule has 16 heavy (non-hydrogen) atoms. The topological polar surface area (TPSA) is 52.5 Å². The Kier molecular flexibility index (Phi) is 4.47. The zero-order valence-corrected chi connectivity index (χ0v) is 10.4. The van der Waals surface area contributed by atoms with Gasteiger partial charge in [-0.1, -0.05) is 12.1 Å². The van der Waals surface area contributed by atoms with E-state index < -0.39 is 12.2 Å². The predicted molar refractivity (Wildman–Crippen MR) is 65.5 cm³/mol. The first-order valence-electron chi connectivity index (χ1n) is 5.56. The third kappa shape index (κ3) is 2.61. The van der Waals surface area contributed by atoms with Gasteiger partial charge in [-0.15, -0.1) is 0 Å². The predicted octanol–water partition coefficient (Wildman–Crippen LogP) is 1.23. The first-order chi connectivity index (χ1) is 7.49. The van der Waals surface area contributed by atoms with E-state index in [0.29, 0.717) is 6.54 Å². The highest BCUT2D eigenvalue weighted by Crippen LogP contribution is 2.24. The van der Waals surface area contributed by atoms with Gasteiger partial charge in [-0.05, 0) is 50.1 Å². The summed E-state index contributed by atoms with van der Waals surface area (Å²) >= 11 is 0. The minimum absolute atomic E-state index is 0.382. The molecule has 3 nitrogen and oxygen atoms in total. The van der Waals surface area contributed by atoms with Crippen molar-refractivity contribution in [2.45, 2.75) is 33.0 Å². The Morgan fingerprint density at radius 2 is 1.75 bits per heavy atom. The molecule has 1 aromatic rings. The SMILES string of the molecule is CNCC(O)C(O)c1ccc(C)c(C)c1C. The van der Waals surface area contributed by atoms with Crippen LogP contribution in [0, 0.1) is 20.8 Å². The van der Waals surface area contributed by atoms with Crippen LogP contribution in [0.1, 0.15) is 28.4 Å². The molecule has 2 unspecified atom stereocenters. The summed E-state index contributed by atoms with van der Waals surface area (Å²) in [6.45, 7) is 6.44. The fourth-order valence-electron chi connectivity index (χ4n) is 1.83. The van der Waals surface area contributed by atoms with Crippen molar-refractivity contribution in [3.8, 4) is 0 Å². The van der Waals surface area contributed by atoms with E-state index in [0.717, 1.165) is 11.1 Å². The molecule has 0 saturated carbocycles. The van der Waals surface area contributed by atoms with Crippen LogP contribution in [-0.4, -0.2) is 29.9 Å². The second-order valence-corrected chi connectivity index (χ2v) is 4.29. The van der Waals surface area contributed by atoms with Crippen molar-refractivity contribution in [3.63, 3.8) is 0 Å². The maximum atomic E-state index is 10.0. The molecule has 0 aliphatic rings. The lowest BCUT2D eigenvalue weighted by Crippen LogP contribution is -2.30. The molecule has 0 spiro atoms. The summed E-state index contributed by atoms with van der Waals surface area (Å²) in [6, 6.07) is 3.87. The van der Waals surface area contributed by atoms with E-state index in [-0.39, 0.29) is 0 Å². The maximum absolute atomic E-state index is 10.0. The number of rotatable bonds is 4. The fraction of sp³-hybridized carbons (Fsp3) is 0.538. The van der Waals surface area contributed by atoms with E-state index in [2.05, 4.69) is 5.32 Å². The Balaban J connectivity index is 3.00. The van der Waals surface area contributed by atoms with E-state index in [4.69, 9.17) is 0 Å². The third-order valence-corrected chi connectivity index (χ3v) is 3.20. The van der Waals surface area contributed by atoms with E-state index >= 15 is 0 Å². The first kappa shape index (κ1) is 13.2. The summed E-state index contributed by atoms with van der Waals surface area (Å²) in [4.78, 5) is 0. The van der Waals surface area contributed by atoms with Crippen LogP contribution in [0.25, 0.3) is 0 Å². The van der Waals surface area contributed by atoms with Gasteiger partial charge < -0.3 is 15.5 Å². The van der Waals surface area contributed by atoms with Crippen LogP contribution < -0.4 is 5.32 Å². The van der Waals surface area contributed by atoms with Gasteiger partial charge in [-0.25, -0.2) is 0 Å². The third-order valence-electron chi connectivity index (χ3n) is 3.20. The molecule has 0 heterocycles. The van der Waals surface area contributed by atoms with Crippen molar-refractivity contribution >= 4 is 0 Å². The second kappa shape index (κ2) is 5.43. The Labute approximate surface area is 97.1 Å². The van der Waals surface area contributed by atoms with Crippen LogP contribution in [-0.2, 0) is 0 Å². The standard InChI is InChI=1S/C13H21NO2/c1-8-5-6-11(10(3)9(8)2)13(16)12(15)7-14-4/h5-6,12-16H,7H2,1-4H3. The summed E-state index contributed by atoms with van der Waals surface area (Å²) in [7, 11) is 1.75. The lowest BCUT2D eigenvalue weighted by atomic mass is 9.93. The van der Waals surface area contributed by atoms with Crippen LogP contribution in [0.3, 0.4) is 0 Å². The molecular formula is C13H21NO2. The Morgan fingerprint density at radius 1 is 1.12 bits per heavy atom. The summed E-state index contributed by atoms with van der Waals surface area (Å²) in [5, 5.41) is 22.6. The average Bonchev–Trinajstić information content (AvgIpc) is 2.26. The van der Waals surface area contributed by atoms with E-state index in [9.17, 15) is 10.2 Å². The number of aryl methyl sites for hydroxylation is 1. The molecule has 0 aliphatic heterocycles. The fourth-order valence-corrected chi connectivity index (χ4v) is 1.83. The molecule has 0 radical (unpaired) electrons. The molecule has 0 fully saturated rings. The highest BCUT2D eigenvalue weighted by molar-refractivity contribution is 5.40. The smallest absolute Gasteiger partial charge is 0.106 e. The lowest BCUT2D eigenvalue weighted by molar-refractivity contribution is 0.0198. The Bertz CT molecular complexity index is 363. The van der Waals surface area contributed by atoms with Crippen LogP contribution in [0.5, 0.6) is 0 Å². The van der Waals surface area contributed by atoms with Gasteiger partial charge in [0, 0.05) is 6.54 Å². The highest BCUT2D eigenvalue weighted by Gasteiger charge is 2.20. The van der Waals surface area contributed by atoms with Gasteiger partial charge in [0.05, 0.1) is 6.10 Å². The van der Waals surface area contributed by atoms with Gasteiger partial charge in [0.25, 0.3) is 0 Å². The van der Waals surface area contributed by atoms with Gasteiger partial charge >= 0.3 is 0 Å². The average molecular weight is 223 g/mol. The van der Waals surface area contributed by atoms with Crippen LogP contribution in [0.15, 0.2) is 12.1 Å². The monoisotopic (exact) mass is 223 g/mol. The van der Waals surface area contributed by atoms with Crippen molar-refractivity contribution in [2.24, 2.45) is 0 Å². The number of hydrogen-bond donors (Lipinski definition) is 3. The summed E-state index contributed by atoms with van der Waals surface area (Å²) < 4.78 is 0. The lowest BCUT2D eigenvalue weighted by Gasteiger charge is -2.21. The molecule has 0 aliphatic carbocycles. The van der Waals surface area contributed by atoms with E-state index in [1.807, 2.05) is 32.9 Å². The molecule has 0 bridgehead atoms. The van der Waals surface area contributed by atoms with Gasteiger partial charge in [0.15, 0.2) is 0 Å². The summed E-state index contributed by atoms with van der Waals surface area (Å²) in [6.07, 6.45) is -1.60. The summed E-state index contributed by atoms with van der Waals surface area (Å²) in [5.41, 5.74) is 4.25. The van der Waals surface area contributed by atoms with Gasteiger partial charge in [-0.2, -0.15) is 0 Å². The zero-order valence-electron chi connectivity index (χ0n) is 10.4. The van der Waals surface area contributed by atoms with Crippen LogP contribution >= 0.6 is 0 Å². The Morgan fingerprint density at radius 3 is 2.31 bits per heavy atom. The molecule has 0 saturated heterocycles. The number of aliphatic hydroxyl groups is 2. The molecular weight excluding hydrogens is 202 g/mol. The molecule has 2 atom stereocenters. The molecule has 1 rings (SSSR count). The van der Waals surface area contributed by atoms with Crippen LogP contribution in [0.4, 0.5) is 0 Å². The molecule has 0 aromatic heterocycles. The van der Waals surface area contributed by atoms with Crippen molar-refractivity contribution in [1.29, 1.82) is 0 Å². The van der Waals surface area contributed by atoms with E-state index in [1.54, 1.807) is 7.05 Å². The van der Waals surface area contributed by atoms with Crippen molar-refractivity contribution in [3.05, 3.63) is 34.4 Å². The normalized spacial score (nSPS) is 14.9. The van der Waals surface area contributed by atoms with Crippen molar-refractivity contribution in [2.75, 3.05) is 13.6 Å². The van der Waals surface area contributed by atoms with E-state index in [1.165, 1.54) is 11.1 Å². The van der Waals surface area contributed by atoms with Gasteiger partial charge in [0.2, 0.25) is 0 Å². The molecule has 3 heteroatoms. The van der Waals surface area contributed by atoms with Crippen molar-refractivity contribution < 1.29 is 10.2 Å². The highest BCUT2D eigenvalue weighted by atomic mass is 16.3. The number of likely N-dealkylation sites (N-methyl/N-ethyl adjacent to an activating group) is 1. The summed E-state index contributed by atoms with van der Waals surface area (Å²) in [5.74, 6) is 0. The quantitative estimate of drug-likeness (QED) is 0.719. The number of hydrogen-bond acceptors (Lipinski definition) is 3. The molecule has 1 aromatic carbocycles. The molecule has 0 amide bonds. The largest absolute Gasteiger partial charge is 0.389 e. The first-order valence-corrected chi connectivity index (χ1v) is 5.56. The van der Waals surface area contributed by atoms with Gasteiger partial charge in [0.1, 0.15) is 6.10 Å². The minimum Gasteiger partial charge on any atom is -0.389 e. The van der Waals surface area contributed by atoms with Gasteiger partial charge in [-0.3, -0.25) is 0 Å².